The van der Waals surface area contributed by atoms with Gasteiger partial charge in [0.15, 0.2) is 10.9 Å². The summed E-state index contributed by atoms with van der Waals surface area (Å²) in [5, 5.41) is 4.01. The zero-order valence-corrected chi connectivity index (χ0v) is 17.2. The summed E-state index contributed by atoms with van der Waals surface area (Å²) in [6.45, 7) is 0. The summed E-state index contributed by atoms with van der Waals surface area (Å²) in [7, 11) is 0. The van der Waals surface area contributed by atoms with Gasteiger partial charge in [0, 0.05) is 21.2 Å². The Kier molecular flexibility index (Phi) is 6.46. The first-order valence-electron chi connectivity index (χ1n) is 8.35. The van der Waals surface area contributed by atoms with Crippen LogP contribution in [0.2, 0.25) is 0 Å². The van der Waals surface area contributed by atoms with Crippen LogP contribution < -0.4 is 11.2 Å². The first-order valence-corrected chi connectivity index (χ1v) is 9.55. The third-order valence-electron chi connectivity index (χ3n) is 3.96. The number of thiocarbonyl (C=S) groups is 1. The van der Waals surface area contributed by atoms with E-state index >= 15 is 0 Å². The second-order valence-electron chi connectivity index (χ2n) is 5.95. The minimum Gasteiger partial charge on any atom is -0.375 e. The fourth-order valence-corrected chi connectivity index (χ4v) is 3.24. The summed E-state index contributed by atoms with van der Waals surface area (Å²) in [4.78, 5) is 12.8. The molecule has 0 radical (unpaired) electrons. The molecule has 0 fully saturated rings. The maximum Gasteiger partial charge on any atom is 0.196 e. The van der Waals surface area contributed by atoms with Gasteiger partial charge in [-0.15, -0.1) is 0 Å². The summed E-state index contributed by atoms with van der Waals surface area (Å²) in [6, 6.07) is 16.4. The molecule has 29 heavy (non-hydrogen) atoms. The lowest BCUT2D eigenvalue weighted by molar-refractivity contribution is 0.103. The molecule has 0 unspecified atom stereocenters. The normalized spacial score (nSPS) is 11.2. The molecular formula is C21H14BrF2N3OS. The number of hydrazone groups is 1. The van der Waals surface area contributed by atoms with Crippen molar-refractivity contribution in [2.75, 3.05) is 0 Å². The molecule has 4 nitrogen and oxygen atoms in total. The molecule has 0 amide bonds. The van der Waals surface area contributed by atoms with Crippen LogP contribution in [0.1, 0.15) is 27.0 Å². The summed E-state index contributed by atoms with van der Waals surface area (Å²) in [5.74, 6) is -1.66. The predicted octanol–water partition coefficient (Wildman–Crippen LogP) is 4.54. The second kappa shape index (κ2) is 9.02. The summed E-state index contributed by atoms with van der Waals surface area (Å²) in [5.41, 5.74) is 8.81. The maximum absolute atomic E-state index is 14.4. The highest BCUT2D eigenvalue weighted by atomic mass is 79.9. The van der Waals surface area contributed by atoms with E-state index < -0.39 is 17.4 Å². The molecule has 0 bridgehead atoms. The minimum absolute atomic E-state index is 0.0674. The molecule has 0 heterocycles. The molecule has 146 valence electrons. The largest absolute Gasteiger partial charge is 0.375 e. The molecule has 0 aliphatic rings. The molecule has 3 rings (SSSR count). The van der Waals surface area contributed by atoms with Gasteiger partial charge in [0.1, 0.15) is 17.3 Å². The van der Waals surface area contributed by atoms with Gasteiger partial charge >= 0.3 is 0 Å². The van der Waals surface area contributed by atoms with Gasteiger partial charge in [0.2, 0.25) is 0 Å². The Morgan fingerprint density at radius 1 is 0.931 bits per heavy atom. The van der Waals surface area contributed by atoms with Crippen LogP contribution in [0.3, 0.4) is 0 Å². The van der Waals surface area contributed by atoms with E-state index in [-0.39, 0.29) is 27.5 Å². The lowest BCUT2D eigenvalue weighted by atomic mass is 9.96. The smallest absolute Gasteiger partial charge is 0.196 e. The number of benzene rings is 3. The Hall–Kier alpha value is -2.97. The molecule has 3 aromatic rings. The van der Waals surface area contributed by atoms with Crippen molar-refractivity contribution in [2.24, 2.45) is 10.8 Å². The molecule has 3 N–H and O–H groups in total. The number of nitrogens with one attached hydrogen (secondary N) is 1. The average Bonchev–Trinajstić information content (AvgIpc) is 2.68. The summed E-state index contributed by atoms with van der Waals surface area (Å²) >= 11 is 8.13. The van der Waals surface area contributed by atoms with Crippen LogP contribution in [0.4, 0.5) is 8.78 Å². The Labute approximate surface area is 179 Å². The Morgan fingerprint density at radius 3 is 2.07 bits per heavy atom. The predicted molar refractivity (Wildman–Crippen MR) is 116 cm³/mol. The van der Waals surface area contributed by atoms with E-state index in [1.165, 1.54) is 36.4 Å². The number of rotatable bonds is 5. The molecule has 0 aliphatic heterocycles. The van der Waals surface area contributed by atoms with E-state index in [4.69, 9.17) is 18.0 Å². The van der Waals surface area contributed by atoms with Crippen molar-refractivity contribution in [3.8, 4) is 0 Å². The maximum atomic E-state index is 14.4. The van der Waals surface area contributed by atoms with Crippen molar-refractivity contribution in [3.63, 3.8) is 0 Å². The third-order valence-corrected chi connectivity index (χ3v) is 4.51. The lowest BCUT2D eigenvalue weighted by Crippen LogP contribution is -2.26. The van der Waals surface area contributed by atoms with Gasteiger partial charge < -0.3 is 5.73 Å². The van der Waals surface area contributed by atoms with Crippen LogP contribution in [-0.4, -0.2) is 16.6 Å². The monoisotopic (exact) mass is 473 g/mol. The van der Waals surface area contributed by atoms with Gasteiger partial charge in [-0.05, 0) is 54.7 Å². The Morgan fingerprint density at radius 2 is 1.48 bits per heavy atom. The number of carbonyl (C=O) groups excluding carboxylic acids is 1. The van der Waals surface area contributed by atoms with Crippen LogP contribution in [-0.2, 0) is 0 Å². The molecule has 0 aliphatic carbocycles. The average molecular weight is 474 g/mol. The first kappa shape index (κ1) is 20.8. The number of halogens is 3. The van der Waals surface area contributed by atoms with Gasteiger partial charge in [-0.3, -0.25) is 10.2 Å². The quantitative estimate of drug-likeness (QED) is 0.247. The van der Waals surface area contributed by atoms with Crippen LogP contribution in [0.25, 0.3) is 0 Å². The van der Waals surface area contributed by atoms with Gasteiger partial charge in [-0.1, -0.05) is 40.2 Å². The van der Waals surface area contributed by atoms with Crippen molar-refractivity contribution >= 4 is 44.8 Å². The lowest BCUT2D eigenvalue weighted by Gasteiger charge is -2.11. The molecule has 3 aromatic carbocycles. The molecular weight excluding hydrogens is 460 g/mol. The van der Waals surface area contributed by atoms with E-state index in [0.717, 1.165) is 0 Å². The first-order chi connectivity index (χ1) is 13.9. The van der Waals surface area contributed by atoms with E-state index in [1.54, 1.807) is 30.3 Å². The zero-order chi connectivity index (χ0) is 21.0. The summed E-state index contributed by atoms with van der Waals surface area (Å²) in [6.07, 6.45) is 0. The van der Waals surface area contributed by atoms with Gasteiger partial charge in [0.25, 0.3) is 0 Å². The van der Waals surface area contributed by atoms with Crippen molar-refractivity contribution in [3.05, 3.63) is 105 Å². The van der Waals surface area contributed by atoms with Crippen LogP contribution in [0.15, 0.2) is 76.3 Å². The second-order valence-corrected chi connectivity index (χ2v) is 7.31. The Balaban J connectivity index is 2.14. The van der Waals surface area contributed by atoms with Crippen molar-refractivity contribution in [1.29, 1.82) is 0 Å². The topological polar surface area (TPSA) is 67.5 Å². The number of ketones is 1. The number of nitrogens with zero attached hydrogens (tertiary/aromatic N) is 1. The molecule has 0 spiro atoms. The summed E-state index contributed by atoms with van der Waals surface area (Å²) < 4.78 is 29.0. The van der Waals surface area contributed by atoms with Crippen LogP contribution in [0, 0.1) is 11.6 Å². The van der Waals surface area contributed by atoms with Crippen molar-refractivity contribution in [2.45, 2.75) is 0 Å². The number of carbonyl (C=O) groups is 1. The zero-order valence-electron chi connectivity index (χ0n) is 14.8. The number of hydrogen-bond donors (Lipinski definition) is 2. The van der Waals surface area contributed by atoms with Crippen LogP contribution in [0.5, 0.6) is 0 Å². The fraction of sp³-hybridized carbons (Fsp3) is 0. The van der Waals surface area contributed by atoms with Crippen molar-refractivity contribution in [1.82, 2.24) is 5.43 Å². The molecule has 0 saturated carbocycles. The highest BCUT2D eigenvalue weighted by molar-refractivity contribution is 9.10. The Bertz CT molecular complexity index is 1130. The SMILES string of the molecule is NC(=S)N/N=C(/c1cc(Br)cc(C(=O)c2ccccc2F)c1)c1ccccc1F. The highest BCUT2D eigenvalue weighted by Gasteiger charge is 2.18. The highest BCUT2D eigenvalue weighted by Crippen LogP contribution is 2.23. The fourth-order valence-electron chi connectivity index (χ4n) is 2.70. The molecule has 0 atom stereocenters. The standard InChI is InChI=1S/C21H14BrF2N3OS/c22-14-10-12(9-13(11-14)20(28)16-6-2-4-8-18(16)24)19(26-27-21(25)29)15-5-1-3-7-17(15)23/h1-11H,(H3,25,27,29)/b26-19-. The third kappa shape index (κ3) is 4.90. The van der Waals surface area contributed by atoms with E-state index in [9.17, 15) is 13.6 Å². The van der Waals surface area contributed by atoms with Crippen LogP contribution >= 0.6 is 28.1 Å². The minimum atomic E-state index is -0.628. The number of nitrogens with two attached hydrogens (primary N) is 1. The number of hydrogen-bond acceptors (Lipinski definition) is 3. The molecule has 8 heteroatoms. The van der Waals surface area contributed by atoms with Crippen molar-refractivity contribution < 1.29 is 13.6 Å². The van der Waals surface area contributed by atoms with E-state index in [2.05, 4.69) is 26.5 Å². The molecule has 0 aromatic heterocycles. The van der Waals surface area contributed by atoms with E-state index in [0.29, 0.717) is 10.0 Å². The van der Waals surface area contributed by atoms with Gasteiger partial charge in [-0.25, -0.2) is 8.78 Å². The van der Waals surface area contributed by atoms with E-state index in [1.807, 2.05) is 0 Å². The van der Waals surface area contributed by atoms with Gasteiger partial charge in [0.05, 0.1) is 5.56 Å². The molecule has 0 saturated heterocycles. The van der Waals surface area contributed by atoms with Gasteiger partial charge in [-0.2, -0.15) is 5.10 Å².